The highest BCUT2D eigenvalue weighted by Gasteiger charge is 2.09. The number of phenolic OH excluding ortho intramolecular Hbond substituents is 1. The van der Waals surface area contributed by atoms with Crippen LogP contribution in [0.25, 0.3) is 0 Å². The first kappa shape index (κ1) is 9.98. The second-order valence-corrected chi connectivity index (χ2v) is 2.83. The summed E-state index contributed by atoms with van der Waals surface area (Å²) in [5.74, 6) is 0.0814. The van der Waals surface area contributed by atoms with Gasteiger partial charge in [-0.15, -0.1) is 0 Å². The van der Waals surface area contributed by atoms with Crippen molar-refractivity contribution in [2.24, 2.45) is 5.73 Å². The molecule has 1 unspecified atom stereocenters. The summed E-state index contributed by atoms with van der Waals surface area (Å²) in [5, 5.41) is 26.9. The van der Waals surface area contributed by atoms with Gasteiger partial charge in [-0.1, -0.05) is 6.07 Å². The number of hydrogen-bond donors (Lipinski definition) is 4. The SMILES string of the molecule is NC(CO)c1ccc(O)cc1CO. The first-order valence-corrected chi connectivity index (χ1v) is 3.98. The van der Waals surface area contributed by atoms with Crippen molar-refractivity contribution in [1.29, 1.82) is 0 Å². The lowest BCUT2D eigenvalue weighted by atomic mass is 10.0. The van der Waals surface area contributed by atoms with Gasteiger partial charge in [-0.05, 0) is 23.3 Å². The van der Waals surface area contributed by atoms with Crippen molar-refractivity contribution in [3.8, 4) is 5.75 Å². The third-order valence-corrected chi connectivity index (χ3v) is 1.89. The zero-order valence-electron chi connectivity index (χ0n) is 7.14. The molecule has 13 heavy (non-hydrogen) atoms. The van der Waals surface area contributed by atoms with E-state index in [0.29, 0.717) is 11.1 Å². The van der Waals surface area contributed by atoms with Crippen LogP contribution >= 0.6 is 0 Å². The van der Waals surface area contributed by atoms with Crippen LogP contribution in [0.2, 0.25) is 0 Å². The Bertz CT molecular complexity index is 288. The maximum absolute atomic E-state index is 9.11. The number of hydrogen-bond acceptors (Lipinski definition) is 4. The average Bonchev–Trinajstić information content (AvgIpc) is 2.16. The Morgan fingerprint density at radius 1 is 1.31 bits per heavy atom. The van der Waals surface area contributed by atoms with Crippen molar-refractivity contribution in [3.05, 3.63) is 29.3 Å². The highest BCUT2D eigenvalue weighted by molar-refractivity contribution is 5.36. The Hall–Kier alpha value is -1.10. The van der Waals surface area contributed by atoms with Crippen LogP contribution in [-0.2, 0) is 6.61 Å². The molecule has 1 aromatic rings. The number of aliphatic hydroxyl groups is 2. The Balaban J connectivity index is 3.05. The average molecular weight is 183 g/mol. The molecular formula is C9H13NO3. The van der Waals surface area contributed by atoms with Gasteiger partial charge in [0.25, 0.3) is 0 Å². The van der Waals surface area contributed by atoms with Crippen molar-refractivity contribution in [2.75, 3.05) is 6.61 Å². The molecule has 1 rings (SSSR count). The number of rotatable bonds is 3. The summed E-state index contributed by atoms with van der Waals surface area (Å²) >= 11 is 0. The molecule has 0 aliphatic heterocycles. The lowest BCUT2D eigenvalue weighted by Gasteiger charge is -2.12. The molecule has 0 saturated heterocycles. The lowest BCUT2D eigenvalue weighted by Crippen LogP contribution is -2.16. The van der Waals surface area contributed by atoms with Gasteiger partial charge in [0.05, 0.1) is 19.3 Å². The van der Waals surface area contributed by atoms with Crippen LogP contribution in [0.5, 0.6) is 5.75 Å². The van der Waals surface area contributed by atoms with Crippen molar-refractivity contribution in [3.63, 3.8) is 0 Å². The number of aliphatic hydroxyl groups excluding tert-OH is 2. The van der Waals surface area contributed by atoms with Crippen LogP contribution < -0.4 is 5.73 Å². The summed E-state index contributed by atoms with van der Waals surface area (Å²) in [6, 6.07) is 4.00. The van der Waals surface area contributed by atoms with E-state index in [0.717, 1.165) is 0 Å². The number of aromatic hydroxyl groups is 1. The van der Waals surface area contributed by atoms with E-state index in [1.165, 1.54) is 12.1 Å². The molecule has 0 spiro atoms. The van der Waals surface area contributed by atoms with Gasteiger partial charge in [-0.3, -0.25) is 0 Å². The third kappa shape index (κ3) is 2.18. The smallest absolute Gasteiger partial charge is 0.115 e. The van der Waals surface area contributed by atoms with Gasteiger partial charge >= 0.3 is 0 Å². The molecule has 0 radical (unpaired) electrons. The summed E-state index contributed by atoms with van der Waals surface area (Å²) in [7, 11) is 0. The van der Waals surface area contributed by atoms with E-state index in [2.05, 4.69) is 0 Å². The second kappa shape index (κ2) is 4.23. The highest BCUT2D eigenvalue weighted by Crippen LogP contribution is 2.20. The summed E-state index contributed by atoms with van der Waals surface area (Å²) in [5.41, 5.74) is 6.78. The minimum absolute atomic E-state index is 0.0814. The lowest BCUT2D eigenvalue weighted by molar-refractivity contribution is 0.258. The maximum atomic E-state index is 9.11. The van der Waals surface area contributed by atoms with E-state index in [1.54, 1.807) is 6.07 Å². The van der Waals surface area contributed by atoms with Crippen LogP contribution in [0, 0.1) is 0 Å². The first-order chi connectivity index (χ1) is 6.19. The van der Waals surface area contributed by atoms with Gasteiger partial charge in [0.1, 0.15) is 5.75 Å². The molecule has 0 aliphatic rings. The van der Waals surface area contributed by atoms with Crippen molar-refractivity contribution in [1.82, 2.24) is 0 Å². The van der Waals surface area contributed by atoms with Gasteiger partial charge in [0, 0.05) is 0 Å². The second-order valence-electron chi connectivity index (χ2n) is 2.83. The van der Waals surface area contributed by atoms with E-state index in [9.17, 15) is 0 Å². The molecule has 0 saturated carbocycles. The van der Waals surface area contributed by atoms with Crippen LogP contribution in [0.3, 0.4) is 0 Å². The van der Waals surface area contributed by atoms with E-state index in [4.69, 9.17) is 21.1 Å². The third-order valence-electron chi connectivity index (χ3n) is 1.89. The maximum Gasteiger partial charge on any atom is 0.115 e. The fourth-order valence-corrected chi connectivity index (χ4v) is 1.19. The van der Waals surface area contributed by atoms with Gasteiger partial charge < -0.3 is 21.1 Å². The summed E-state index contributed by atoms with van der Waals surface area (Å²) in [6.45, 7) is -0.380. The molecule has 4 nitrogen and oxygen atoms in total. The van der Waals surface area contributed by atoms with Crippen molar-refractivity contribution < 1.29 is 15.3 Å². The molecule has 4 heteroatoms. The molecule has 1 aromatic carbocycles. The number of nitrogens with two attached hydrogens (primary N) is 1. The monoisotopic (exact) mass is 183 g/mol. The Labute approximate surface area is 76.2 Å². The van der Waals surface area contributed by atoms with E-state index >= 15 is 0 Å². The Morgan fingerprint density at radius 2 is 2.00 bits per heavy atom. The van der Waals surface area contributed by atoms with E-state index in [-0.39, 0.29) is 19.0 Å². The predicted molar refractivity (Wildman–Crippen MR) is 48.0 cm³/mol. The molecule has 0 amide bonds. The highest BCUT2D eigenvalue weighted by atomic mass is 16.3. The molecule has 5 N–H and O–H groups in total. The Morgan fingerprint density at radius 3 is 2.54 bits per heavy atom. The fraction of sp³-hybridized carbons (Fsp3) is 0.333. The van der Waals surface area contributed by atoms with Crippen LogP contribution in [-0.4, -0.2) is 21.9 Å². The predicted octanol–water partition coefficient (Wildman–Crippen LogP) is -0.123. The summed E-state index contributed by atoms with van der Waals surface area (Å²) in [6.07, 6.45) is 0. The Kier molecular flexibility index (Phi) is 3.25. The van der Waals surface area contributed by atoms with Gasteiger partial charge in [0.15, 0.2) is 0 Å². The molecule has 0 aliphatic carbocycles. The zero-order valence-corrected chi connectivity index (χ0v) is 7.14. The molecule has 0 bridgehead atoms. The minimum Gasteiger partial charge on any atom is -0.508 e. The zero-order chi connectivity index (χ0) is 9.84. The van der Waals surface area contributed by atoms with E-state index < -0.39 is 6.04 Å². The number of benzene rings is 1. The normalized spacial score (nSPS) is 12.8. The van der Waals surface area contributed by atoms with Crippen LogP contribution in [0.4, 0.5) is 0 Å². The fourth-order valence-electron chi connectivity index (χ4n) is 1.19. The van der Waals surface area contributed by atoms with Crippen molar-refractivity contribution in [2.45, 2.75) is 12.6 Å². The summed E-state index contributed by atoms with van der Waals surface area (Å²) < 4.78 is 0. The minimum atomic E-state index is -0.511. The van der Waals surface area contributed by atoms with Gasteiger partial charge in [-0.2, -0.15) is 0 Å². The van der Waals surface area contributed by atoms with E-state index in [1.807, 2.05) is 0 Å². The van der Waals surface area contributed by atoms with Gasteiger partial charge in [-0.25, -0.2) is 0 Å². The van der Waals surface area contributed by atoms with Crippen LogP contribution in [0.1, 0.15) is 17.2 Å². The molecule has 0 fully saturated rings. The van der Waals surface area contributed by atoms with Crippen LogP contribution in [0.15, 0.2) is 18.2 Å². The summed E-state index contributed by atoms with van der Waals surface area (Å²) in [4.78, 5) is 0. The number of phenols is 1. The standard InChI is InChI=1S/C9H13NO3/c10-9(5-12)8-2-1-7(13)3-6(8)4-11/h1-3,9,11-13H,4-5,10H2. The largest absolute Gasteiger partial charge is 0.508 e. The first-order valence-electron chi connectivity index (χ1n) is 3.98. The quantitative estimate of drug-likeness (QED) is 0.526. The van der Waals surface area contributed by atoms with Crippen molar-refractivity contribution >= 4 is 0 Å². The molecule has 0 heterocycles. The molecule has 0 aromatic heterocycles. The topological polar surface area (TPSA) is 86.7 Å². The molecule has 72 valence electrons. The van der Waals surface area contributed by atoms with Gasteiger partial charge in [0.2, 0.25) is 0 Å². The molecular weight excluding hydrogens is 170 g/mol. The molecule has 1 atom stereocenters.